The number of hydrogen-bond acceptors (Lipinski definition) is 4. The number of methoxy groups -OCH3 is 1. The number of alkyl halides is 2. The van der Waals surface area contributed by atoms with E-state index in [1.807, 2.05) is 0 Å². The second-order valence-electron chi connectivity index (χ2n) is 2.60. The molecular weight excluding hydrogens is 287 g/mol. The van der Waals surface area contributed by atoms with Gasteiger partial charge < -0.3 is 4.74 Å². The van der Waals surface area contributed by atoms with E-state index in [4.69, 9.17) is 22.3 Å². The Bertz CT molecular complexity index is 507. The summed E-state index contributed by atoms with van der Waals surface area (Å²) < 4.78 is 51.6. The molecule has 1 aromatic heterocycles. The van der Waals surface area contributed by atoms with Crippen LogP contribution in [0.5, 0.6) is 5.88 Å². The summed E-state index contributed by atoms with van der Waals surface area (Å²) >= 11 is 5.56. The predicted octanol–water partition coefficient (Wildman–Crippen LogP) is 2.61. The van der Waals surface area contributed by atoms with Crippen molar-refractivity contribution in [3.8, 4) is 5.88 Å². The third-order valence-electron chi connectivity index (χ3n) is 1.60. The van der Waals surface area contributed by atoms with E-state index < -0.39 is 26.1 Å². The molecule has 4 nitrogen and oxygen atoms in total. The van der Waals surface area contributed by atoms with Gasteiger partial charge >= 0.3 is 0 Å². The molecule has 0 aromatic carbocycles. The monoisotopic (exact) mass is 291 g/mol. The second kappa shape index (κ2) is 4.68. The molecule has 0 aliphatic heterocycles. The van der Waals surface area contributed by atoms with E-state index in [9.17, 15) is 17.2 Å². The van der Waals surface area contributed by atoms with Crippen LogP contribution in [0.3, 0.4) is 0 Å². The first-order chi connectivity index (χ1) is 7.27. The van der Waals surface area contributed by atoms with E-state index in [0.717, 1.165) is 6.07 Å². The molecule has 90 valence electrons. The number of aromatic nitrogens is 1. The van der Waals surface area contributed by atoms with Crippen molar-refractivity contribution in [1.82, 2.24) is 4.98 Å². The largest absolute Gasteiger partial charge is 0.480 e. The van der Waals surface area contributed by atoms with Crippen LogP contribution in [-0.2, 0) is 9.05 Å². The predicted molar refractivity (Wildman–Crippen MR) is 53.8 cm³/mol. The van der Waals surface area contributed by atoms with Crippen molar-refractivity contribution in [3.63, 3.8) is 0 Å². The smallest absolute Gasteiger partial charge is 0.281 e. The van der Waals surface area contributed by atoms with Crippen LogP contribution in [0.4, 0.5) is 8.78 Å². The zero-order valence-corrected chi connectivity index (χ0v) is 10.1. The van der Waals surface area contributed by atoms with Crippen LogP contribution in [0, 0.1) is 0 Å². The van der Waals surface area contributed by atoms with Crippen molar-refractivity contribution in [2.75, 3.05) is 7.11 Å². The van der Waals surface area contributed by atoms with Gasteiger partial charge in [0.05, 0.1) is 7.11 Å². The molecule has 0 fully saturated rings. The molecule has 1 aromatic rings. The topological polar surface area (TPSA) is 56.3 Å². The lowest BCUT2D eigenvalue weighted by Crippen LogP contribution is -2.04. The van der Waals surface area contributed by atoms with E-state index in [1.165, 1.54) is 7.11 Å². The Morgan fingerprint density at radius 1 is 1.50 bits per heavy atom. The molecule has 0 N–H and O–H groups in total. The Hall–Kier alpha value is -0.660. The molecule has 0 saturated carbocycles. The van der Waals surface area contributed by atoms with Crippen LogP contribution in [0.1, 0.15) is 12.1 Å². The SMILES string of the molecule is COc1nc(C(F)F)c(S(=O)(=O)Cl)cc1Cl. The fourth-order valence-corrected chi connectivity index (χ4v) is 2.27. The molecule has 0 atom stereocenters. The van der Waals surface area contributed by atoms with E-state index in [0.29, 0.717) is 0 Å². The number of rotatable bonds is 3. The molecule has 1 heterocycles. The molecule has 9 heteroatoms. The lowest BCUT2D eigenvalue weighted by Gasteiger charge is -2.08. The summed E-state index contributed by atoms with van der Waals surface area (Å²) in [6.07, 6.45) is -3.10. The maximum absolute atomic E-state index is 12.5. The summed E-state index contributed by atoms with van der Waals surface area (Å²) in [4.78, 5) is 2.46. The first-order valence-corrected chi connectivity index (χ1v) is 6.43. The van der Waals surface area contributed by atoms with Crippen LogP contribution in [0.25, 0.3) is 0 Å². The Morgan fingerprint density at radius 3 is 2.44 bits per heavy atom. The van der Waals surface area contributed by atoms with E-state index in [1.54, 1.807) is 0 Å². The zero-order chi connectivity index (χ0) is 12.5. The number of nitrogens with zero attached hydrogens (tertiary/aromatic N) is 1. The number of hydrogen-bond donors (Lipinski definition) is 0. The van der Waals surface area contributed by atoms with Crippen molar-refractivity contribution < 1.29 is 21.9 Å². The van der Waals surface area contributed by atoms with Crippen molar-refractivity contribution in [2.45, 2.75) is 11.3 Å². The van der Waals surface area contributed by atoms with Gasteiger partial charge in [0.2, 0.25) is 5.88 Å². The van der Waals surface area contributed by atoms with Crippen molar-refractivity contribution in [1.29, 1.82) is 0 Å². The van der Waals surface area contributed by atoms with E-state index in [-0.39, 0.29) is 10.9 Å². The van der Waals surface area contributed by atoms with Gasteiger partial charge in [-0.2, -0.15) is 0 Å². The first kappa shape index (κ1) is 13.4. The second-order valence-corrected chi connectivity index (χ2v) is 5.54. The molecule has 0 spiro atoms. The lowest BCUT2D eigenvalue weighted by molar-refractivity contribution is 0.141. The summed E-state index contributed by atoms with van der Waals surface area (Å²) in [7, 11) is 1.80. The summed E-state index contributed by atoms with van der Waals surface area (Å²) in [6, 6.07) is 0.775. The van der Waals surface area contributed by atoms with Gasteiger partial charge in [-0.15, -0.1) is 0 Å². The quantitative estimate of drug-likeness (QED) is 0.803. The lowest BCUT2D eigenvalue weighted by atomic mass is 10.3. The minimum absolute atomic E-state index is 0.217. The van der Waals surface area contributed by atoms with Crippen LogP contribution >= 0.6 is 22.3 Å². The molecule has 0 amide bonds. The minimum Gasteiger partial charge on any atom is -0.480 e. The van der Waals surface area contributed by atoms with Crippen LogP contribution in [0.15, 0.2) is 11.0 Å². The van der Waals surface area contributed by atoms with Crippen LogP contribution < -0.4 is 4.74 Å². The highest BCUT2D eigenvalue weighted by molar-refractivity contribution is 8.13. The summed E-state index contributed by atoms with van der Waals surface area (Å²) in [5, 5.41) is -0.217. The van der Waals surface area contributed by atoms with Gasteiger partial charge in [0.15, 0.2) is 0 Å². The standard InChI is InChI=1S/C7H5Cl2F2NO3S/c1-15-7-3(8)2-4(16(9,13)14)5(12-7)6(10)11/h2,6H,1H3. The summed E-state index contributed by atoms with van der Waals surface area (Å²) in [5.41, 5.74) is -0.990. The Balaban J connectivity index is 3.55. The molecule has 16 heavy (non-hydrogen) atoms. The minimum atomic E-state index is -4.34. The van der Waals surface area contributed by atoms with Crippen molar-refractivity contribution in [3.05, 3.63) is 16.8 Å². The number of halogens is 4. The summed E-state index contributed by atoms with van der Waals surface area (Å²) in [5.74, 6) is -0.291. The first-order valence-electron chi connectivity index (χ1n) is 3.74. The van der Waals surface area contributed by atoms with Crippen LogP contribution in [-0.4, -0.2) is 20.5 Å². The zero-order valence-electron chi connectivity index (χ0n) is 7.75. The van der Waals surface area contributed by atoms with E-state index >= 15 is 0 Å². The maximum atomic E-state index is 12.5. The van der Waals surface area contributed by atoms with Gasteiger partial charge in [0.25, 0.3) is 15.5 Å². The maximum Gasteiger partial charge on any atom is 0.281 e. The molecular formula is C7H5Cl2F2NO3S. The summed E-state index contributed by atoms with van der Waals surface area (Å²) in [6.45, 7) is 0. The van der Waals surface area contributed by atoms with Gasteiger partial charge in [-0.25, -0.2) is 22.2 Å². The average molecular weight is 292 g/mol. The molecule has 0 aliphatic rings. The van der Waals surface area contributed by atoms with E-state index in [2.05, 4.69) is 9.72 Å². The normalized spacial score (nSPS) is 11.9. The number of pyridine rings is 1. The Labute approximate surface area is 99.6 Å². The third kappa shape index (κ3) is 2.72. The van der Waals surface area contributed by atoms with Gasteiger partial charge in [0.1, 0.15) is 15.6 Å². The molecule has 1 rings (SSSR count). The van der Waals surface area contributed by atoms with Crippen LogP contribution in [0.2, 0.25) is 5.02 Å². The molecule has 0 saturated heterocycles. The fourth-order valence-electron chi connectivity index (χ4n) is 0.963. The van der Waals surface area contributed by atoms with Crippen molar-refractivity contribution >= 4 is 31.3 Å². The molecule has 0 radical (unpaired) electrons. The van der Waals surface area contributed by atoms with Gasteiger partial charge in [0, 0.05) is 10.7 Å². The Kier molecular flexibility index (Phi) is 3.92. The highest BCUT2D eigenvalue weighted by atomic mass is 35.7. The van der Waals surface area contributed by atoms with Crippen molar-refractivity contribution in [2.24, 2.45) is 0 Å². The fraction of sp³-hybridized carbons (Fsp3) is 0.286. The number of ether oxygens (including phenoxy) is 1. The van der Waals surface area contributed by atoms with Gasteiger partial charge in [-0.1, -0.05) is 11.6 Å². The third-order valence-corrected chi connectivity index (χ3v) is 3.22. The average Bonchev–Trinajstić information content (AvgIpc) is 2.15. The highest BCUT2D eigenvalue weighted by Gasteiger charge is 2.26. The van der Waals surface area contributed by atoms with Gasteiger partial charge in [-0.3, -0.25) is 0 Å². The molecule has 0 unspecified atom stereocenters. The molecule has 0 bridgehead atoms. The molecule has 0 aliphatic carbocycles. The highest BCUT2D eigenvalue weighted by Crippen LogP contribution is 2.33. The van der Waals surface area contributed by atoms with Gasteiger partial charge in [-0.05, 0) is 6.07 Å². The Morgan fingerprint density at radius 2 is 2.06 bits per heavy atom.